The minimum atomic E-state index is 0.0317. The normalized spacial score (nSPS) is 10.6. The van der Waals surface area contributed by atoms with Gasteiger partial charge in [0, 0.05) is 23.3 Å². The highest BCUT2D eigenvalue weighted by molar-refractivity contribution is 5.93. The second-order valence-corrected chi connectivity index (χ2v) is 6.16. The first-order chi connectivity index (χ1) is 13.6. The van der Waals surface area contributed by atoms with Crippen molar-refractivity contribution in [1.82, 2.24) is 15.0 Å². The number of methoxy groups -OCH3 is 1. The van der Waals surface area contributed by atoms with Gasteiger partial charge in [-0.1, -0.05) is 0 Å². The van der Waals surface area contributed by atoms with Gasteiger partial charge >= 0.3 is 0 Å². The van der Waals surface area contributed by atoms with Crippen LogP contribution < -0.4 is 14.8 Å². The fourth-order valence-electron chi connectivity index (χ4n) is 2.85. The number of benzene rings is 2. The molecule has 0 saturated carbocycles. The van der Waals surface area contributed by atoms with E-state index in [9.17, 15) is 5.11 Å². The molecule has 0 aliphatic heterocycles. The summed E-state index contributed by atoms with van der Waals surface area (Å²) in [6.45, 7) is 1.96. The van der Waals surface area contributed by atoms with Gasteiger partial charge in [0.25, 0.3) is 0 Å². The van der Waals surface area contributed by atoms with Crippen LogP contribution in [0.1, 0.15) is 5.56 Å². The van der Waals surface area contributed by atoms with Gasteiger partial charge in [-0.2, -0.15) is 0 Å². The first kappa shape index (κ1) is 17.5. The fraction of sp³-hybridized carbons (Fsp3) is 0.0952. The van der Waals surface area contributed by atoms with Gasteiger partial charge in [0.1, 0.15) is 23.6 Å². The number of fused-ring (bicyclic) bond motifs is 1. The van der Waals surface area contributed by atoms with E-state index in [1.54, 1.807) is 24.5 Å². The molecule has 0 fully saturated rings. The van der Waals surface area contributed by atoms with Gasteiger partial charge < -0.3 is 19.9 Å². The van der Waals surface area contributed by atoms with Crippen LogP contribution in [0.2, 0.25) is 0 Å². The van der Waals surface area contributed by atoms with Crippen LogP contribution in [0.4, 0.5) is 11.5 Å². The number of anilines is 2. The molecule has 0 atom stereocenters. The van der Waals surface area contributed by atoms with Crippen molar-refractivity contribution in [2.75, 3.05) is 12.4 Å². The van der Waals surface area contributed by atoms with Gasteiger partial charge in [-0.25, -0.2) is 9.97 Å². The van der Waals surface area contributed by atoms with E-state index in [-0.39, 0.29) is 5.75 Å². The van der Waals surface area contributed by atoms with Crippen molar-refractivity contribution in [3.8, 4) is 23.0 Å². The molecule has 4 rings (SSSR count). The van der Waals surface area contributed by atoms with Crippen LogP contribution in [-0.2, 0) is 0 Å². The molecule has 0 aliphatic rings. The number of hydrogen-bond donors (Lipinski definition) is 2. The van der Waals surface area contributed by atoms with E-state index >= 15 is 0 Å². The number of rotatable bonds is 5. The molecule has 4 aromatic rings. The molecule has 0 saturated heterocycles. The lowest BCUT2D eigenvalue weighted by molar-refractivity contribution is 0.374. The highest BCUT2D eigenvalue weighted by atomic mass is 16.5. The van der Waals surface area contributed by atoms with Crippen LogP contribution in [0, 0.1) is 6.92 Å². The maximum Gasteiger partial charge on any atom is 0.162 e. The second-order valence-electron chi connectivity index (χ2n) is 6.16. The molecule has 7 nitrogen and oxygen atoms in total. The lowest BCUT2D eigenvalue weighted by Crippen LogP contribution is -1.97. The van der Waals surface area contributed by atoms with Gasteiger partial charge in [-0.15, -0.1) is 0 Å². The summed E-state index contributed by atoms with van der Waals surface area (Å²) < 4.78 is 11.0. The van der Waals surface area contributed by atoms with E-state index in [0.29, 0.717) is 28.2 Å². The van der Waals surface area contributed by atoms with Crippen molar-refractivity contribution >= 4 is 22.4 Å². The lowest BCUT2D eigenvalue weighted by atomic mass is 10.1. The fourth-order valence-corrected chi connectivity index (χ4v) is 2.85. The number of ether oxygens (including phenoxy) is 2. The number of aromatic hydroxyl groups is 1. The molecular formula is C21H18N4O3. The monoisotopic (exact) mass is 374 g/mol. The SMILES string of the molecule is COc1cc2ncnc(Nc3ccc(Oc4cccnc4)c(C)c3)c2cc1O. The summed E-state index contributed by atoms with van der Waals surface area (Å²) in [7, 11) is 1.50. The minimum absolute atomic E-state index is 0.0317. The van der Waals surface area contributed by atoms with Crippen LogP contribution in [-0.4, -0.2) is 27.2 Å². The predicted molar refractivity (Wildman–Crippen MR) is 107 cm³/mol. The Morgan fingerprint density at radius 2 is 1.93 bits per heavy atom. The summed E-state index contributed by atoms with van der Waals surface area (Å²) in [4.78, 5) is 12.6. The van der Waals surface area contributed by atoms with Crippen molar-refractivity contribution in [3.05, 3.63) is 66.7 Å². The summed E-state index contributed by atoms with van der Waals surface area (Å²) in [5.74, 6) is 2.41. The van der Waals surface area contributed by atoms with E-state index in [4.69, 9.17) is 9.47 Å². The van der Waals surface area contributed by atoms with Crippen LogP contribution in [0.15, 0.2) is 61.2 Å². The molecule has 2 aromatic carbocycles. The Hall–Kier alpha value is -3.87. The molecule has 0 radical (unpaired) electrons. The molecule has 0 spiro atoms. The number of nitrogens with one attached hydrogen (secondary N) is 1. The molecule has 2 N–H and O–H groups in total. The van der Waals surface area contributed by atoms with Crippen molar-refractivity contribution in [3.63, 3.8) is 0 Å². The van der Waals surface area contributed by atoms with E-state index in [2.05, 4.69) is 20.3 Å². The Kier molecular flexibility index (Phi) is 4.63. The lowest BCUT2D eigenvalue weighted by Gasteiger charge is -2.13. The maximum absolute atomic E-state index is 10.1. The quantitative estimate of drug-likeness (QED) is 0.528. The number of hydrogen-bond acceptors (Lipinski definition) is 7. The third-order valence-corrected chi connectivity index (χ3v) is 4.24. The molecule has 2 heterocycles. The molecule has 0 bridgehead atoms. The maximum atomic E-state index is 10.1. The number of nitrogens with zero attached hydrogens (tertiary/aromatic N) is 3. The van der Waals surface area contributed by atoms with Crippen molar-refractivity contribution in [2.24, 2.45) is 0 Å². The highest BCUT2D eigenvalue weighted by Crippen LogP contribution is 2.34. The topological polar surface area (TPSA) is 89.4 Å². The molecular weight excluding hydrogens is 356 g/mol. The molecule has 7 heteroatoms. The molecule has 0 aliphatic carbocycles. The zero-order chi connectivity index (χ0) is 19.5. The largest absolute Gasteiger partial charge is 0.504 e. The Morgan fingerprint density at radius 3 is 2.68 bits per heavy atom. The Bertz CT molecular complexity index is 1130. The summed E-state index contributed by atoms with van der Waals surface area (Å²) in [5, 5.41) is 14.1. The summed E-state index contributed by atoms with van der Waals surface area (Å²) in [6, 6.07) is 12.7. The molecule has 0 unspecified atom stereocenters. The highest BCUT2D eigenvalue weighted by Gasteiger charge is 2.11. The molecule has 140 valence electrons. The van der Waals surface area contributed by atoms with Gasteiger partial charge in [-0.05, 0) is 48.9 Å². The van der Waals surface area contributed by atoms with Crippen LogP contribution >= 0.6 is 0 Å². The third kappa shape index (κ3) is 3.50. The van der Waals surface area contributed by atoms with E-state index in [1.165, 1.54) is 13.4 Å². The summed E-state index contributed by atoms with van der Waals surface area (Å²) in [5.41, 5.74) is 2.46. The number of pyridine rings is 1. The van der Waals surface area contributed by atoms with Crippen molar-refractivity contribution in [1.29, 1.82) is 0 Å². The molecule has 28 heavy (non-hydrogen) atoms. The minimum Gasteiger partial charge on any atom is -0.504 e. The Labute approximate surface area is 161 Å². The Balaban J connectivity index is 1.62. The predicted octanol–water partition coefficient (Wildman–Crippen LogP) is 4.58. The van der Waals surface area contributed by atoms with Gasteiger partial charge in [-0.3, -0.25) is 4.98 Å². The van der Waals surface area contributed by atoms with E-state index in [1.807, 2.05) is 37.3 Å². The average Bonchev–Trinajstić information content (AvgIpc) is 2.71. The van der Waals surface area contributed by atoms with Gasteiger partial charge in [0.2, 0.25) is 0 Å². The standard InChI is InChI=1S/C21H18N4O3/c1-13-8-14(5-6-19(13)28-15-4-3-7-22-11-15)25-21-16-9-18(26)20(27-2)10-17(16)23-12-24-21/h3-12,26H,1-2H3,(H,23,24,25). The van der Waals surface area contributed by atoms with Crippen LogP contribution in [0.25, 0.3) is 10.9 Å². The summed E-state index contributed by atoms with van der Waals surface area (Å²) >= 11 is 0. The smallest absolute Gasteiger partial charge is 0.162 e. The van der Waals surface area contributed by atoms with Crippen molar-refractivity contribution in [2.45, 2.75) is 6.92 Å². The molecule has 2 aromatic heterocycles. The first-order valence-electron chi connectivity index (χ1n) is 8.61. The van der Waals surface area contributed by atoms with Gasteiger partial charge in [0.15, 0.2) is 11.5 Å². The van der Waals surface area contributed by atoms with E-state index < -0.39 is 0 Å². The zero-order valence-electron chi connectivity index (χ0n) is 15.4. The Morgan fingerprint density at radius 1 is 1.04 bits per heavy atom. The number of aryl methyl sites for hydroxylation is 1. The molecule has 0 amide bonds. The zero-order valence-corrected chi connectivity index (χ0v) is 15.4. The van der Waals surface area contributed by atoms with Crippen LogP contribution in [0.3, 0.4) is 0 Å². The first-order valence-corrected chi connectivity index (χ1v) is 8.61. The third-order valence-electron chi connectivity index (χ3n) is 4.24. The average molecular weight is 374 g/mol. The van der Waals surface area contributed by atoms with Crippen LogP contribution in [0.5, 0.6) is 23.0 Å². The number of phenolic OH excluding ortho intramolecular Hbond substituents is 1. The number of phenols is 1. The summed E-state index contributed by atoms with van der Waals surface area (Å²) in [6.07, 6.45) is 4.83. The van der Waals surface area contributed by atoms with Gasteiger partial charge in [0.05, 0.1) is 18.8 Å². The van der Waals surface area contributed by atoms with Crippen molar-refractivity contribution < 1.29 is 14.6 Å². The van der Waals surface area contributed by atoms with E-state index in [0.717, 1.165) is 17.0 Å². The second kappa shape index (κ2) is 7.40. The number of aromatic nitrogens is 3.